The van der Waals surface area contributed by atoms with E-state index < -0.39 is 0 Å². The third-order valence-electron chi connectivity index (χ3n) is 4.64. The highest BCUT2D eigenvalue weighted by atomic mass is 16.5. The first kappa shape index (κ1) is 19.9. The zero-order chi connectivity index (χ0) is 19.8. The predicted octanol–water partition coefficient (Wildman–Crippen LogP) is 5.23. The lowest BCUT2D eigenvalue weighted by atomic mass is 9.97. The van der Waals surface area contributed by atoms with Gasteiger partial charge in [-0.3, -0.25) is 4.79 Å². The number of rotatable bonds is 8. The summed E-state index contributed by atoms with van der Waals surface area (Å²) in [5, 5.41) is 6.27. The minimum atomic E-state index is -0.133. The van der Waals surface area contributed by atoms with Crippen LogP contribution in [-0.2, 0) is 0 Å². The number of anilines is 2. The Labute approximate surface area is 167 Å². The normalized spacial score (nSPS) is 13.8. The summed E-state index contributed by atoms with van der Waals surface area (Å²) in [5.41, 5.74) is 3.57. The van der Waals surface area contributed by atoms with E-state index in [-0.39, 0.29) is 12.0 Å². The summed E-state index contributed by atoms with van der Waals surface area (Å²) < 4.78 is 5.82. The number of carbonyl (C=O) groups is 1. The number of allylic oxidation sites excluding steroid dienone is 1. The molecular weight excluding hydrogens is 350 g/mol. The maximum Gasteiger partial charge on any atom is 0.269 e. The number of amides is 1. The molecule has 5 nitrogen and oxygen atoms in total. The topological polar surface area (TPSA) is 63.2 Å². The van der Waals surface area contributed by atoms with Crippen molar-refractivity contribution >= 4 is 17.3 Å². The SMILES string of the molecule is CC(C)Oc1ccccc1Nc1ccc(C(=O)NCCC2=CCCCC2)nc1. The fraction of sp³-hybridized carbons (Fsp3) is 0.391. The molecule has 1 aliphatic rings. The minimum Gasteiger partial charge on any atom is -0.489 e. The molecule has 0 radical (unpaired) electrons. The van der Waals surface area contributed by atoms with Gasteiger partial charge in [0.05, 0.1) is 23.7 Å². The summed E-state index contributed by atoms with van der Waals surface area (Å²) in [7, 11) is 0. The van der Waals surface area contributed by atoms with Crippen molar-refractivity contribution in [3.8, 4) is 5.75 Å². The Hall–Kier alpha value is -2.82. The lowest BCUT2D eigenvalue weighted by Crippen LogP contribution is -2.25. The number of pyridine rings is 1. The molecule has 28 heavy (non-hydrogen) atoms. The molecule has 2 aromatic rings. The van der Waals surface area contributed by atoms with Crippen molar-refractivity contribution in [3.05, 3.63) is 59.9 Å². The molecule has 1 aromatic heterocycles. The molecule has 5 heteroatoms. The van der Waals surface area contributed by atoms with Crippen LogP contribution in [0.1, 0.15) is 56.4 Å². The fourth-order valence-corrected chi connectivity index (χ4v) is 3.24. The van der Waals surface area contributed by atoms with Gasteiger partial charge in [0.2, 0.25) is 0 Å². The van der Waals surface area contributed by atoms with Crippen molar-refractivity contribution in [2.45, 2.75) is 52.1 Å². The van der Waals surface area contributed by atoms with Crippen LogP contribution in [0.4, 0.5) is 11.4 Å². The van der Waals surface area contributed by atoms with Crippen LogP contribution >= 0.6 is 0 Å². The highest BCUT2D eigenvalue weighted by Crippen LogP contribution is 2.28. The molecule has 0 fully saturated rings. The average Bonchev–Trinajstić information content (AvgIpc) is 2.70. The first-order valence-corrected chi connectivity index (χ1v) is 10.1. The molecule has 1 aromatic carbocycles. The summed E-state index contributed by atoms with van der Waals surface area (Å²) in [4.78, 5) is 16.6. The molecule has 1 heterocycles. The number of nitrogens with zero attached hydrogens (tertiary/aromatic N) is 1. The highest BCUT2D eigenvalue weighted by molar-refractivity contribution is 5.92. The van der Waals surface area contributed by atoms with E-state index in [4.69, 9.17) is 4.74 Å². The van der Waals surface area contributed by atoms with Gasteiger partial charge in [0, 0.05) is 6.54 Å². The molecular formula is C23H29N3O2. The van der Waals surface area contributed by atoms with Crippen LogP contribution in [0.15, 0.2) is 54.2 Å². The van der Waals surface area contributed by atoms with E-state index in [9.17, 15) is 4.79 Å². The molecule has 0 bridgehead atoms. The summed E-state index contributed by atoms with van der Waals surface area (Å²) >= 11 is 0. The Kier molecular flexibility index (Phi) is 7.06. The van der Waals surface area contributed by atoms with Crippen molar-refractivity contribution in [3.63, 3.8) is 0 Å². The number of nitrogens with one attached hydrogen (secondary N) is 2. The molecule has 0 unspecified atom stereocenters. The van der Waals surface area contributed by atoms with Crippen LogP contribution in [0, 0.1) is 0 Å². The molecule has 0 saturated heterocycles. The fourth-order valence-electron chi connectivity index (χ4n) is 3.24. The zero-order valence-corrected chi connectivity index (χ0v) is 16.7. The molecule has 1 amide bonds. The van der Waals surface area contributed by atoms with Crippen molar-refractivity contribution in [2.75, 3.05) is 11.9 Å². The predicted molar refractivity (Wildman–Crippen MR) is 113 cm³/mol. The Morgan fingerprint density at radius 1 is 1.18 bits per heavy atom. The largest absolute Gasteiger partial charge is 0.489 e. The Morgan fingerprint density at radius 3 is 2.75 bits per heavy atom. The number of hydrogen-bond acceptors (Lipinski definition) is 4. The summed E-state index contributed by atoms with van der Waals surface area (Å²) in [6.45, 7) is 4.65. The Bertz CT molecular complexity index is 813. The molecule has 2 N–H and O–H groups in total. The van der Waals surface area contributed by atoms with E-state index >= 15 is 0 Å². The Balaban J connectivity index is 1.54. The van der Waals surface area contributed by atoms with Gasteiger partial charge in [-0.1, -0.05) is 23.8 Å². The van der Waals surface area contributed by atoms with Crippen molar-refractivity contribution in [2.24, 2.45) is 0 Å². The molecule has 0 spiro atoms. The lowest BCUT2D eigenvalue weighted by Gasteiger charge is -2.15. The van der Waals surface area contributed by atoms with Gasteiger partial charge in [0.1, 0.15) is 11.4 Å². The average molecular weight is 380 g/mol. The highest BCUT2D eigenvalue weighted by Gasteiger charge is 2.10. The maximum atomic E-state index is 12.3. The van der Waals surface area contributed by atoms with Crippen molar-refractivity contribution in [1.29, 1.82) is 0 Å². The summed E-state index contributed by atoms with van der Waals surface area (Å²) in [6.07, 6.45) is 9.89. The minimum absolute atomic E-state index is 0.0940. The number of ether oxygens (including phenoxy) is 1. The number of carbonyl (C=O) groups excluding carboxylic acids is 1. The van der Waals surface area contributed by atoms with E-state index in [0.717, 1.165) is 30.0 Å². The van der Waals surface area contributed by atoms with Gasteiger partial charge in [-0.2, -0.15) is 0 Å². The first-order valence-electron chi connectivity index (χ1n) is 10.1. The van der Waals surface area contributed by atoms with Crippen LogP contribution in [-0.4, -0.2) is 23.5 Å². The van der Waals surface area contributed by atoms with Crippen molar-refractivity contribution < 1.29 is 9.53 Å². The second kappa shape index (κ2) is 9.93. The third-order valence-corrected chi connectivity index (χ3v) is 4.64. The molecule has 148 valence electrons. The van der Waals surface area contributed by atoms with Crippen LogP contribution < -0.4 is 15.4 Å². The standard InChI is InChI=1S/C23H29N3O2/c1-17(2)28-22-11-7-6-10-20(22)26-19-12-13-21(25-16-19)23(27)24-15-14-18-8-4-3-5-9-18/h6-8,10-13,16-17,26H,3-5,9,14-15H2,1-2H3,(H,24,27). The third kappa shape index (κ3) is 5.84. The van der Waals surface area contributed by atoms with Gasteiger partial charge in [-0.25, -0.2) is 4.98 Å². The second-order valence-corrected chi connectivity index (χ2v) is 7.33. The van der Waals surface area contributed by atoms with Gasteiger partial charge in [0.25, 0.3) is 5.91 Å². The number of para-hydroxylation sites is 2. The molecule has 0 atom stereocenters. The number of benzene rings is 1. The van der Waals surface area contributed by atoms with Crippen molar-refractivity contribution in [1.82, 2.24) is 10.3 Å². The maximum absolute atomic E-state index is 12.3. The van der Waals surface area contributed by atoms with E-state index in [1.165, 1.54) is 24.8 Å². The van der Waals surface area contributed by atoms with Gasteiger partial charge < -0.3 is 15.4 Å². The second-order valence-electron chi connectivity index (χ2n) is 7.33. The van der Waals surface area contributed by atoms with Gasteiger partial charge in [-0.15, -0.1) is 0 Å². The lowest BCUT2D eigenvalue weighted by molar-refractivity contribution is 0.0949. The van der Waals surface area contributed by atoms with Gasteiger partial charge in [0.15, 0.2) is 0 Å². The Morgan fingerprint density at radius 2 is 2.04 bits per heavy atom. The molecule has 0 saturated carbocycles. The first-order chi connectivity index (χ1) is 13.6. The number of aromatic nitrogens is 1. The quantitative estimate of drug-likeness (QED) is 0.616. The van der Waals surface area contributed by atoms with E-state index in [2.05, 4.69) is 21.7 Å². The molecule has 3 rings (SSSR count). The summed E-state index contributed by atoms with van der Waals surface area (Å²) in [5.74, 6) is 0.655. The van der Waals surface area contributed by atoms with Crippen LogP contribution in [0.3, 0.4) is 0 Å². The van der Waals surface area contributed by atoms with Crippen LogP contribution in [0.25, 0.3) is 0 Å². The zero-order valence-electron chi connectivity index (χ0n) is 16.7. The van der Waals surface area contributed by atoms with Crippen LogP contribution in [0.5, 0.6) is 5.75 Å². The monoisotopic (exact) mass is 379 g/mol. The molecule has 0 aliphatic heterocycles. The summed E-state index contributed by atoms with van der Waals surface area (Å²) in [6, 6.07) is 11.4. The number of hydrogen-bond donors (Lipinski definition) is 2. The van der Waals surface area contributed by atoms with Crippen LogP contribution in [0.2, 0.25) is 0 Å². The van der Waals surface area contributed by atoms with Gasteiger partial charge in [-0.05, 0) is 70.2 Å². The van der Waals surface area contributed by atoms with E-state index in [1.807, 2.05) is 44.2 Å². The van der Waals surface area contributed by atoms with Gasteiger partial charge >= 0.3 is 0 Å². The van der Waals surface area contributed by atoms with E-state index in [0.29, 0.717) is 12.2 Å². The molecule has 1 aliphatic carbocycles. The smallest absolute Gasteiger partial charge is 0.269 e. The van der Waals surface area contributed by atoms with E-state index in [1.54, 1.807) is 12.3 Å².